The molecule has 2 bridgehead atoms. The van der Waals surface area contributed by atoms with Crippen LogP contribution in [-0.4, -0.2) is 36.2 Å². The molecule has 3 atom stereocenters. The summed E-state index contributed by atoms with van der Waals surface area (Å²) < 4.78 is 0. The fourth-order valence-corrected chi connectivity index (χ4v) is 5.58. The topological polar surface area (TPSA) is 35.5 Å². The second kappa shape index (κ2) is 5.16. The molecule has 22 heavy (non-hydrogen) atoms. The molecule has 0 unspecified atom stereocenters. The third-order valence-corrected chi connectivity index (χ3v) is 6.59. The third kappa shape index (κ3) is 1.91. The summed E-state index contributed by atoms with van der Waals surface area (Å²) in [7, 11) is 2.31. The predicted octanol–water partition coefficient (Wildman–Crippen LogP) is 3.51. The summed E-state index contributed by atoms with van der Waals surface area (Å²) >= 11 is 0. The van der Waals surface area contributed by atoms with E-state index in [0.717, 1.165) is 24.6 Å². The number of nitrogens with zero attached hydrogens (tertiary/aromatic N) is 1. The van der Waals surface area contributed by atoms with Crippen molar-refractivity contribution in [3.8, 4) is 5.75 Å². The van der Waals surface area contributed by atoms with E-state index in [9.17, 15) is 5.11 Å². The van der Waals surface area contributed by atoms with Crippen molar-refractivity contribution in [1.29, 1.82) is 0 Å². The first-order valence-electron chi connectivity index (χ1n) is 8.96. The highest BCUT2D eigenvalue weighted by Crippen LogP contribution is 2.56. The van der Waals surface area contributed by atoms with Gasteiger partial charge in [0, 0.05) is 18.0 Å². The Balaban J connectivity index is 1.85. The zero-order valence-electron chi connectivity index (χ0n) is 13.9. The highest BCUT2D eigenvalue weighted by atomic mass is 16.3. The molecular weight excluding hydrogens is 272 g/mol. The van der Waals surface area contributed by atoms with Crippen molar-refractivity contribution >= 4 is 5.69 Å². The Bertz CT molecular complexity index is 585. The first-order chi connectivity index (χ1) is 10.7. The molecule has 1 saturated heterocycles. The summed E-state index contributed by atoms with van der Waals surface area (Å²) in [5, 5.41) is 13.8. The second-order valence-corrected chi connectivity index (χ2v) is 7.57. The number of aromatic hydroxyl groups is 1. The summed E-state index contributed by atoms with van der Waals surface area (Å²) in [6, 6.07) is 5.03. The largest absolute Gasteiger partial charge is 0.506 e. The van der Waals surface area contributed by atoms with Gasteiger partial charge in [-0.1, -0.05) is 12.8 Å². The Morgan fingerprint density at radius 3 is 3.00 bits per heavy atom. The number of rotatable bonds is 2. The number of phenolic OH excluding ortho intramolecular Hbond substituents is 1. The summed E-state index contributed by atoms with van der Waals surface area (Å²) in [4.78, 5) is 2.59. The molecule has 3 aliphatic rings. The van der Waals surface area contributed by atoms with Gasteiger partial charge < -0.3 is 15.3 Å². The van der Waals surface area contributed by atoms with E-state index in [-0.39, 0.29) is 0 Å². The molecule has 0 radical (unpaired) electrons. The summed E-state index contributed by atoms with van der Waals surface area (Å²) in [5.74, 6) is 1.23. The number of phenols is 1. The maximum atomic E-state index is 10.5. The molecule has 0 amide bonds. The first-order valence-corrected chi connectivity index (χ1v) is 8.96. The maximum absolute atomic E-state index is 10.5. The van der Waals surface area contributed by atoms with Gasteiger partial charge in [-0.25, -0.2) is 0 Å². The van der Waals surface area contributed by atoms with Crippen LogP contribution in [0.4, 0.5) is 5.69 Å². The Labute approximate surface area is 133 Å². The number of hydrogen-bond acceptors (Lipinski definition) is 3. The fraction of sp³-hybridized carbons (Fsp3) is 0.684. The molecule has 2 aliphatic carbocycles. The molecule has 1 saturated carbocycles. The zero-order valence-corrected chi connectivity index (χ0v) is 13.9. The predicted molar refractivity (Wildman–Crippen MR) is 90.6 cm³/mol. The van der Waals surface area contributed by atoms with E-state index < -0.39 is 0 Å². The van der Waals surface area contributed by atoms with Crippen molar-refractivity contribution in [3.63, 3.8) is 0 Å². The quantitative estimate of drug-likeness (QED) is 0.820. The van der Waals surface area contributed by atoms with Crippen LogP contribution in [0.15, 0.2) is 12.1 Å². The molecule has 2 N–H and O–H groups in total. The smallest absolute Gasteiger partial charge is 0.138 e. The molecule has 1 aromatic carbocycles. The first kappa shape index (κ1) is 14.4. The van der Waals surface area contributed by atoms with Crippen LogP contribution in [0.25, 0.3) is 0 Å². The molecule has 0 aromatic heterocycles. The zero-order chi connectivity index (χ0) is 15.3. The Morgan fingerprint density at radius 1 is 1.32 bits per heavy atom. The van der Waals surface area contributed by atoms with Gasteiger partial charge in [0.2, 0.25) is 0 Å². The number of piperidine rings is 1. The average molecular weight is 300 g/mol. The number of anilines is 1. The highest BCUT2D eigenvalue weighted by molar-refractivity contribution is 5.62. The summed E-state index contributed by atoms with van der Waals surface area (Å²) in [6.07, 6.45) is 7.82. The minimum absolute atomic E-state index is 0.339. The lowest BCUT2D eigenvalue weighted by atomic mass is 9.52. The van der Waals surface area contributed by atoms with Gasteiger partial charge in [-0.15, -0.1) is 0 Å². The van der Waals surface area contributed by atoms with E-state index in [4.69, 9.17) is 0 Å². The maximum Gasteiger partial charge on any atom is 0.138 e. The monoisotopic (exact) mass is 300 g/mol. The van der Waals surface area contributed by atoms with Gasteiger partial charge in [0.05, 0.1) is 5.69 Å². The highest BCUT2D eigenvalue weighted by Gasteiger charge is 2.53. The van der Waals surface area contributed by atoms with E-state index in [1.165, 1.54) is 49.8 Å². The lowest BCUT2D eigenvalue weighted by Gasteiger charge is -2.58. The minimum atomic E-state index is 0.339. The molecular formula is C19H28N2O. The lowest BCUT2D eigenvalue weighted by Crippen LogP contribution is -2.59. The lowest BCUT2D eigenvalue weighted by molar-refractivity contribution is 0.00277. The number of fused-ring (bicyclic) bond motifs is 1. The molecule has 4 rings (SSSR count). The van der Waals surface area contributed by atoms with E-state index in [1.807, 2.05) is 0 Å². The van der Waals surface area contributed by atoms with Crippen LogP contribution in [-0.2, 0) is 11.8 Å². The second-order valence-electron chi connectivity index (χ2n) is 7.57. The number of benzene rings is 1. The van der Waals surface area contributed by atoms with Crippen molar-refractivity contribution < 1.29 is 5.11 Å². The number of nitrogens with one attached hydrogen (secondary N) is 1. The van der Waals surface area contributed by atoms with Gasteiger partial charge in [-0.3, -0.25) is 0 Å². The van der Waals surface area contributed by atoms with Gasteiger partial charge in [-0.2, -0.15) is 0 Å². The normalized spacial score (nSPS) is 33.9. The SMILES string of the molecule is CCNc1cc2c(cc1O)[C@@]13CCCC[C@H]1[C@H](C2)N(C)CC3. The van der Waals surface area contributed by atoms with Crippen molar-refractivity contribution in [1.82, 2.24) is 4.90 Å². The molecule has 120 valence electrons. The molecule has 0 spiro atoms. The molecule has 1 aliphatic heterocycles. The van der Waals surface area contributed by atoms with Gasteiger partial charge in [0.1, 0.15) is 5.75 Å². The van der Waals surface area contributed by atoms with E-state index in [1.54, 1.807) is 0 Å². The Hall–Kier alpha value is -1.22. The van der Waals surface area contributed by atoms with Crippen molar-refractivity contribution in [3.05, 3.63) is 23.3 Å². The fourth-order valence-electron chi connectivity index (χ4n) is 5.58. The Morgan fingerprint density at radius 2 is 2.18 bits per heavy atom. The summed E-state index contributed by atoms with van der Waals surface area (Å²) in [5.41, 5.74) is 4.20. The van der Waals surface area contributed by atoms with E-state index in [0.29, 0.717) is 17.2 Å². The molecule has 3 nitrogen and oxygen atoms in total. The number of hydrogen-bond donors (Lipinski definition) is 2. The molecule has 1 aromatic rings. The standard InChI is InChI=1S/C19H28N2O/c1-3-20-16-10-13-11-17-14-6-4-5-7-19(14,8-9-21(17)2)15(13)12-18(16)22/h10,12,14,17,20,22H,3-9,11H2,1-2H3/t14-,17-,19+/m0/s1. The van der Waals surface area contributed by atoms with Crippen LogP contribution < -0.4 is 5.32 Å². The van der Waals surface area contributed by atoms with E-state index >= 15 is 0 Å². The van der Waals surface area contributed by atoms with Crippen LogP contribution >= 0.6 is 0 Å². The van der Waals surface area contributed by atoms with Crippen LogP contribution in [0, 0.1) is 5.92 Å². The molecule has 1 heterocycles. The number of likely N-dealkylation sites (tertiary alicyclic amines) is 1. The minimum Gasteiger partial charge on any atom is -0.506 e. The van der Waals surface area contributed by atoms with Crippen molar-refractivity contribution in [2.24, 2.45) is 5.92 Å². The molecule has 2 fully saturated rings. The van der Waals surface area contributed by atoms with E-state index in [2.05, 4.69) is 36.3 Å². The number of likely N-dealkylation sites (N-methyl/N-ethyl adjacent to an activating group) is 1. The van der Waals surface area contributed by atoms with Gasteiger partial charge in [-0.05, 0) is 75.4 Å². The van der Waals surface area contributed by atoms with Crippen LogP contribution in [0.3, 0.4) is 0 Å². The Kier molecular flexibility index (Phi) is 3.37. The van der Waals surface area contributed by atoms with Gasteiger partial charge in [0.25, 0.3) is 0 Å². The van der Waals surface area contributed by atoms with Crippen LogP contribution in [0.1, 0.15) is 50.2 Å². The van der Waals surface area contributed by atoms with Gasteiger partial charge in [0.15, 0.2) is 0 Å². The van der Waals surface area contributed by atoms with Gasteiger partial charge >= 0.3 is 0 Å². The third-order valence-electron chi connectivity index (χ3n) is 6.59. The summed E-state index contributed by atoms with van der Waals surface area (Å²) in [6.45, 7) is 4.14. The van der Waals surface area contributed by atoms with Crippen LogP contribution in [0.5, 0.6) is 5.75 Å². The average Bonchev–Trinajstić information content (AvgIpc) is 2.53. The van der Waals surface area contributed by atoms with Crippen molar-refractivity contribution in [2.45, 2.75) is 56.9 Å². The molecule has 3 heteroatoms. The van der Waals surface area contributed by atoms with Crippen molar-refractivity contribution in [2.75, 3.05) is 25.5 Å². The van der Waals surface area contributed by atoms with Crippen LogP contribution in [0.2, 0.25) is 0 Å².